The molecule has 0 aromatic heterocycles. The van der Waals surface area contributed by atoms with E-state index in [4.69, 9.17) is 9.47 Å². The van der Waals surface area contributed by atoms with E-state index in [1.165, 1.54) is 0 Å². The van der Waals surface area contributed by atoms with Crippen LogP contribution in [0.3, 0.4) is 0 Å². The third-order valence-electron chi connectivity index (χ3n) is 2.85. The van der Waals surface area contributed by atoms with Crippen LogP contribution in [0.2, 0.25) is 0 Å². The predicted octanol–water partition coefficient (Wildman–Crippen LogP) is 4.92. The molecule has 0 fully saturated rings. The lowest BCUT2D eigenvalue weighted by Gasteiger charge is -2.32. The minimum atomic E-state index is -0.719. The number of amides is 2. The van der Waals surface area contributed by atoms with E-state index in [0.29, 0.717) is 0 Å². The largest absolute Gasteiger partial charge is 0.443 e. The molecular formula is C18H27NO4. The second kappa shape index (κ2) is 7.02. The molecule has 0 aliphatic carbocycles. The van der Waals surface area contributed by atoms with E-state index in [9.17, 15) is 9.59 Å². The summed E-state index contributed by atoms with van der Waals surface area (Å²) in [5.41, 5.74) is -0.578. The van der Waals surface area contributed by atoms with Crippen molar-refractivity contribution < 1.29 is 19.1 Å². The van der Waals surface area contributed by atoms with Crippen molar-refractivity contribution in [2.75, 3.05) is 0 Å². The lowest BCUT2D eigenvalue weighted by Crippen LogP contribution is -2.44. The van der Waals surface area contributed by atoms with Crippen molar-refractivity contribution in [3.8, 4) is 0 Å². The molecule has 0 N–H and O–H groups in total. The Labute approximate surface area is 138 Å². The molecule has 0 radical (unpaired) electrons. The molecule has 0 aliphatic rings. The van der Waals surface area contributed by atoms with Gasteiger partial charge < -0.3 is 9.47 Å². The second-order valence-corrected chi connectivity index (χ2v) is 7.42. The lowest BCUT2D eigenvalue weighted by atomic mass is 10.1. The van der Waals surface area contributed by atoms with Gasteiger partial charge in [0.25, 0.3) is 0 Å². The van der Waals surface area contributed by atoms with Gasteiger partial charge in [-0.05, 0) is 54.0 Å². The molecular weight excluding hydrogens is 294 g/mol. The number of ether oxygens (including phenoxy) is 2. The number of benzene rings is 1. The van der Waals surface area contributed by atoms with Crippen LogP contribution >= 0.6 is 0 Å². The van der Waals surface area contributed by atoms with Crippen molar-refractivity contribution in [1.82, 2.24) is 4.90 Å². The molecule has 1 aromatic rings. The number of rotatable bonds is 2. The Morgan fingerprint density at radius 1 is 0.870 bits per heavy atom. The summed E-state index contributed by atoms with van der Waals surface area (Å²) in [6, 6.07) is 8.80. The van der Waals surface area contributed by atoms with Crippen LogP contribution in [0.4, 0.5) is 9.59 Å². The normalized spacial score (nSPS) is 13.2. The van der Waals surface area contributed by atoms with Crippen LogP contribution in [0.15, 0.2) is 30.3 Å². The highest BCUT2D eigenvalue weighted by atomic mass is 16.6. The zero-order valence-electron chi connectivity index (χ0n) is 15.0. The smallest absolute Gasteiger partial charge is 0.420 e. The van der Waals surface area contributed by atoms with Crippen molar-refractivity contribution in [3.05, 3.63) is 35.9 Å². The first kappa shape index (κ1) is 19.0. The van der Waals surface area contributed by atoms with Gasteiger partial charge in [0, 0.05) is 0 Å². The molecule has 1 atom stereocenters. The van der Waals surface area contributed by atoms with Gasteiger partial charge in [-0.2, -0.15) is 0 Å². The first-order valence-corrected chi connectivity index (χ1v) is 7.71. The molecule has 128 valence electrons. The first-order chi connectivity index (χ1) is 10.4. The molecule has 1 aromatic carbocycles. The summed E-state index contributed by atoms with van der Waals surface area (Å²) in [5, 5.41) is 0. The van der Waals surface area contributed by atoms with Crippen LogP contribution in [0.25, 0.3) is 0 Å². The topological polar surface area (TPSA) is 55.8 Å². The van der Waals surface area contributed by atoms with Crippen molar-refractivity contribution in [3.63, 3.8) is 0 Å². The maximum Gasteiger partial charge on any atom is 0.420 e. The van der Waals surface area contributed by atoms with Crippen LogP contribution in [0, 0.1) is 0 Å². The highest BCUT2D eigenvalue weighted by Gasteiger charge is 2.35. The standard InChI is InChI=1S/C18H27NO4/c1-13(14-11-9-8-10-12-14)19(15(20)22-17(2,3)4)16(21)23-18(5,6)7/h8-13H,1-7H3/t13-/m0/s1. The van der Waals surface area contributed by atoms with Crippen LogP contribution in [0.5, 0.6) is 0 Å². The van der Waals surface area contributed by atoms with E-state index in [2.05, 4.69) is 0 Å². The van der Waals surface area contributed by atoms with Crippen LogP contribution < -0.4 is 0 Å². The van der Waals surface area contributed by atoms with Crippen molar-refractivity contribution >= 4 is 12.2 Å². The molecule has 5 heteroatoms. The Morgan fingerprint density at radius 2 is 1.26 bits per heavy atom. The molecule has 0 bridgehead atoms. The van der Waals surface area contributed by atoms with Crippen molar-refractivity contribution in [1.29, 1.82) is 0 Å². The van der Waals surface area contributed by atoms with E-state index in [0.717, 1.165) is 10.5 Å². The predicted molar refractivity (Wildman–Crippen MR) is 89.2 cm³/mol. The van der Waals surface area contributed by atoms with Gasteiger partial charge in [-0.1, -0.05) is 30.3 Å². The summed E-state index contributed by atoms with van der Waals surface area (Å²) in [4.78, 5) is 26.0. The van der Waals surface area contributed by atoms with Crippen molar-refractivity contribution in [2.45, 2.75) is 65.7 Å². The molecule has 23 heavy (non-hydrogen) atoms. The lowest BCUT2D eigenvalue weighted by molar-refractivity contribution is -0.00608. The summed E-state index contributed by atoms with van der Waals surface area (Å²) in [7, 11) is 0. The fraction of sp³-hybridized carbons (Fsp3) is 0.556. The van der Waals surface area contributed by atoms with Crippen LogP contribution in [-0.4, -0.2) is 28.3 Å². The molecule has 5 nitrogen and oxygen atoms in total. The Hall–Kier alpha value is -2.04. The molecule has 0 spiro atoms. The van der Waals surface area contributed by atoms with Gasteiger partial charge in [-0.25, -0.2) is 14.5 Å². The van der Waals surface area contributed by atoms with Gasteiger partial charge in [0.1, 0.15) is 11.2 Å². The quantitative estimate of drug-likeness (QED) is 0.776. The van der Waals surface area contributed by atoms with Gasteiger partial charge in [0.2, 0.25) is 0 Å². The van der Waals surface area contributed by atoms with Gasteiger partial charge >= 0.3 is 12.2 Å². The highest BCUT2D eigenvalue weighted by molar-refractivity contribution is 5.88. The average molecular weight is 321 g/mol. The number of hydrogen-bond donors (Lipinski definition) is 0. The van der Waals surface area contributed by atoms with E-state index in [-0.39, 0.29) is 0 Å². The van der Waals surface area contributed by atoms with Gasteiger partial charge in [0.05, 0.1) is 6.04 Å². The molecule has 2 amide bonds. The summed E-state index contributed by atoms with van der Waals surface area (Å²) in [6.45, 7) is 12.3. The zero-order chi connectivity index (χ0) is 17.8. The second-order valence-electron chi connectivity index (χ2n) is 7.42. The summed E-state index contributed by atoms with van der Waals surface area (Å²) in [6.07, 6.45) is -1.44. The Bertz CT molecular complexity index is 512. The van der Waals surface area contributed by atoms with Crippen molar-refractivity contribution in [2.24, 2.45) is 0 Å². The van der Waals surface area contributed by atoms with Gasteiger partial charge in [0.15, 0.2) is 0 Å². The third kappa shape index (κ3) is 6.30. The fourth-order valence-corrected chi connectivity index (χ4v) is 1.89. The molecule has 0 heterocycles. The number of carbonyl (C=O) groups excluding carboxylic acids is 2. The van der Waals surface area contributed by atoms with E-state index in [1.807, 2.05) is 30.3 Å². The summed E-state index contributed by atoms with van der Waals surface area (Å²) >= 11 is 0. The van der Waals surface area contributed by atoms with Gasteiger partial charge in [-0.3, -0.25) is 0 Å². The van der Waals surface area contributed by atoms with E-state index < -0.39 is 29.4 Å². The minimum absolute atomic E-state index is 0.499. The number of imide groups is 1. The van der Waals surface area contributed by atoms with Crippen LogP contribution in [0.1, 0.15) is 60.1 Å². The highest BCUT2D eigenvalue weighted by Crippen LogP contribution is 2.25. The maximum atomic E-state index is 12.5. The average Bonchev–Trinajstić information content (AvgIpc) is 2.35. The number of nitrogens with zero attached hydrogens (tertiary/aromatic N) is 1. The first-order valence-electron chi connectivity index (χ1n) is 7.71. The Morgan fingerprint density at radius 3 is 1.61 bits per heavy atom. The van der Waals surface area contributed by atoms with Crippen LogP contribution in [-0.2, 0) is 9.47 Å². The molecule has 1 rings (SSSR count). The Kier molecular flexibility index (Phi) is 5.81. The summed E-state index contributed by atoms with van der Waals surface area (Å²) in [5.74, 6) is 0. The summed E-state index contributed by atoms with van der Waals surface area (Å²) < 4.78 is 10.7. The zero-order valence-corrected chi connectivity index (χ0v) is 15.0. The minimum Gasteiger partial charge on any atom is -0.443 e. The molecule has 0 unspecified atom stereocenters. The SMILES string of the molecule is C[C@@H](c1ccccc1)N(C(=O)OC(C)(C)C)C(=O)OC(C)(C)C. The number of hydrogen-bond acceptors (Lipinski definition) is 4. The Balaban J connectivity index is 3.10. The molecule has 0 saturated carbocycles. The van der Waals surface area contributed by atoms with E-state index in [1.54, 1.807) is 48.5 Å². The fourth-order valence-electron chi connectivity index (χ4n) is 1.89. The maximum absolute atomic E-state index is 12.5. The van der Waals surface area contributed by atoms with E-state index >= 15 is 0 Å². The molecule has 0 aliphatic heterocycles. The number of carbonyl (C=O) groups is 2. The third-order valence-corrected chi connectivity index (χ3v) is 2.85. The van der Waals surface area contributed by atoms with Gasteiger partial charge in [-0.15, -0.1) is 0 Å². The molecule has 0 saturated heterocycles. The monoisotopic (exact) mass is 321 g/mol.